The summed E-state index contributed by atoms with van der Waals surface area (Å²) in [6.07, 6.45) is 4.77. The molecule has 252 valence electrons. The molecule has 3 saturated heterocycles. The van der Waals surface area contributed by atoms with Crippen molar-refractivity contribution in [1.82, 2.24) is 29.9 Å². The van der Waals surface area contributed by atoms with Crippen LogP contribution in [-0.4, -0.2) is 99.7 Å². The zero-order valence-electron chi connectivity index (χ0n) is 28.5. The topological polar surface area (TPSA) is 107 Å². The van der Waals surface area contributed by atoms with Crippen LogP contribution in [0.2, 0.25) is 0 Å². The quantitative estimate of drug-likeness (QED) is 0.267. The zero-order valence-corrected chi connectivity index (χ0v) is 28.5. The first-order valence-electron chi connectivity index (χ1n) is 16.4. The lowest BCUT2D eigenvalue weighted by molar-refractivity contribution is -0.0503. The molecule has 2 aromatic carbocycles. The number of methoxy groups -OCH3 is 1. The number of rotatable bonds is 3. The number of phenols is 1. The Hall–Kier alpha value is -4.29. The summed E-state index contributed by atoms with van der Waals surface area (Å²) in [5, 5.41) is 15.8. The van der Waals surface area contributed by atoms with E-state index in [-0.39, 0.29) is 35.1 Å². The van der Waals surface area contributed by atoms with Gasteiger partial charge >= 0.3 is 12.1 Å². The third-order valence-electron chi connectivity index (χ3n) is 8.27. The summed E-state index contributed by atoms with van der Waals surface area (Å²) in [5.74, 6) is -0.157. The van der Waals surface area contributed by atoms with Crippen LogP contribution in [0, 0.1) is 5.82 Å². The maximum atomic E-state index is 16.2. The number of nitrogens with zero attached hydrogens (tertiary/aromatic N) is 7. The monoisotopic (exact) mass is 647 g/mol. The van der Waals surface area contributed by atoms with Crippen molar-refractivity contribution in [1.29, 1.82) is 0 Å². The fourth-order valence-corrected chi connectivity index (χ4v) is 6.21. The first kappa shape index (κ1) is 34.1. The molecule has 0 radical (unpaired) electrons. The Bertz CT molecular complexity index is 1710. The number of carbonyl (C=O) groups is 1. The van der Waals surface area contributed by atoms with Gasteiger partial charge in [0.05, 0.1) is 25.2 Å². The molecule has 3 fully saturated rings. The van der Waals surface area contributed by atoms with E-state index < -0.39 is 11.4 Å². The lowest BCUT2D eigenvalue weighted by atomic mass is 10.0. The van der Waals surface area contributed by atoms with Gasteiger partial charge < -0.3 is 24.4 Å². The zero-order chi connectivity index (χ0) is 33.9. The molecule has 0 aliphatic carbocycles. The number of pyridine rings is 1. The molecule has 1 amide bonds. The molecule has 2 aromatic heterocycles. The van der Waals surface area contributed by atoms with Crippen LogP contribution in [0.1, 0.15) is 53.9 Å². The average Bonchev–Trinajstić information content (AvgIpc) is 3.64. The highest BCUT2D eigenvalue weighted by Crippen LogP contribution is 2.38. The third-order valence-corrected chi connectivity index (χ3v) is 8.27. The van der Waals surface area contributed by atoms with Crippen LogP contribution in [-0.2, 0) is 4.74 Å². The second kappa shape index (κ2) is 14.2. The molecule has 2 atom stereocenters. The molecule has 2 bridgehead atoms. The first-order chi connectivity index (χ1) is 22.5. The minimum atomic E-state index is -0.638. The highest BCUT2D eigenvalue weighted by atomic mass is 19.1. The number of anilines is 1. The summed E-state index contributed by atoms with van der Waals surface area (Å²) in [5.41, 5.74) is -0.0161. The summed E-state index contributed by atoms with van der Waals surface area (Å²) in [7, 11) is 3.61. The van der Waals surface area contributed by atoms with E-state index in [0.717, 1.165) is 17.2 Å². The largest absolute Gasteiger partial charge is 0.508 e. The molecule has 0 spiro atoms. The average molecular weight is 648 g/mol. The minimum absolute atomic E-state index is 0.0123. The van der Waals surface area contributed by atoms with Crippen molar-refractivity contribution in [3.63, 3.8) is 0 Å². The number of ether oxygens (including phenoxy) is 2. The van der Waals surface area contributed by atoms with Gasteiger partial charge in [0, 0.05) is 24.8 Å². The van der Waals surface area contributed by atoms with Gasteiger partial charge in [-0.15, -0.1) is 0 Å². The molecule has 0 saturated carbocycles. The molecule has 47 heavy (non-hydrogen) atoms. The van der Waals surface area contributed by atoms with E-state index in [1.165, 1.54) is 39.1 Å². The van der Waals surface area contributed by atoms with Crippen LogP contribution in [0.4, 0.5) is 15.0 Å². The number of benzene rings is 2. The van der Waals surface area contributed by atoms with Crippen LogP contribution in [0.5, 0.6) is 11.8 Å². The Labute approximate surface area is 275 Å². The molecular formula is C35H46FN7O4. The van der Waals surface area contributed by atoms with E-state index in [1.54, 1.807) is 17.3 Å². The van der Waals surface area contributed by atoms with E-state index in [2.05, 4.69) is 26.9 Å². The fraction of sp³-hybridized carbons (Fsp3) is 0.486. The highest BCUT2D eigenvalue weighted by molar-refractivity contribution is 5.99. The van der Waals surface area contributed by atoms with Crippen molar-refractivity contribution >= 4 is 33.6 Å². The van der Waals surface area contributed by atoms with E-state index in [1.807, 2.05) is 68.8 Å². The Kier molecular flexibility index (Phi) is 10.3. The van der Waals surface area contributed by atoms with Crippen molar-refractivity contribution in [2.45, 2.75) is 65.5 Å². The van der Waals surface area contributed by atoms with Gasteiger partial charge in [-0.25, -0.2) is 14.2 Å². The van der Waals surface area contributed by atoms with Crippen molar-refractivity contribution in [3.8, 4) is 23.0 Å². The van der Waals surface area contributed by atoms with E-state index >= 15 is 4.39 Å². The SMILES string of the molecule is CC.CN1CCCC1.COc1nc(N2CC3CCN(C2)N3C(=O)OC(C)(C)C)c2cnc(-c3cc(O)cc4ccccc34)c(F)c2n1. The first-order valence-corrected chi connectivity index (χ1v) is 16.4. The van der Waals surface area contributed by atoms with Gasteiger partial charge in [0.15, 0.2) is 5.82 Å². The molecule has 12 heteroatoms. The Morgan fingerprint density at radius 2 is 1.77 bits per heavy atom. The predicted octanol–water partition coefficient (Wildman–Crippen LogP) is 6.44. The molecule has 5 heterocycles. The van der Waals surface area contributed by atoms with E-state index in [4.69, 9.17) is 9.47 Å². The number of fused-ring (bicyclic) bond motifs is 4. The number of aromatic hydroxyl groups is 1. The molecule has 11 nitrogen and oxygen atoms in total. The second-order valence-electron chi connectivity index (χ2n) is 12.8. The maximum absolute atomic E-state index is 16.2. The van der Waals surface area contributed by atoms with Gasteiger partial charge in [-0.2, -0.15) is 15.0 Å². The highest BCUT2D eigenvalue weighted by Gasteiger charge is 2.44. The molecule has 3 aliphatic rings. The third kappa shape index (κ3) is 7.33. The number of hydrogen-bond acceptors (Lipinski definition) is 10. The number of aromatic nitrogens is 3. The van der Waals surface area contributed by atoms with Gasteiger partial charge in [-0.05, 0) is 83.1 Å². The summed E-state index contributed by atoms with van der Waals surface area (Å²) in [6.45, 7) is 13.7. The summed E-state index contributed by atoms with van der Waals surface area (Å²) in [4.78, 5) is 30.6. The van der Waals surface area contributed by atoms with Gasteiger partial charge in [0.1, 0.15) is 28.4 Å². The van der Waals surface area contributed by atoms with Crippen LogP contribution < -0.4 is 9.64 Å². The second-order valence-corrected chi connectivity index (χ2v) is 12.8. The lowest BCUT2D eigenvalue weighted by Crippen LogP contribution is -2.59. The van der Waals surface area contributed by atoms with Gasteiger partial charge in [-0.3, -0.25) is 4.98 Å². The smallest absolute Gasteiger partial charge is 0.425 e. The van der Waals surface area contributed by atoms with E-state index in [0.29, 0.717) is 36.5 Å². The Morgan fingerprint density at radius 1 is 1.04 bits per heavy atom. The molecule has 1 N–H and O–H groups in total. The maximum Gasteiger partial charge on any atom is 0.425 e. The van der Waals surface area contributed by atoms with Crippen LogP contribution in [0.25, 0.3) is 32.9 Å². The molecule has 2 unspecified atom stereocenters. The number of halogens is 1. The van der Waals surface area contributed by atoms with Crippen molar-refractivity contribution in [2.75, 3.05) is 51.9 Å². The molecular weight excluding hydrogens is 601 g/mol. The number of carbonyl (C=O) groups excluding carboxylic acids is 1. The fourth-order valence-electron chi connectivity index (χ4n) is 6.21. The van der Waals surface area contributed by atoms with Crippen LogP contribution >= 0.6 is 0 Å². The standard InChI is InChI=1S/C28H29FN6O4.C5H11N.C2H6/c1-28(2,3)39-27(37)35-17-9-10-34(35)15-33(14-17)25-21-13-30-23(22(29)24(21)31-26(32-25)38-4)20-12-18(36)11-16-7-5-6-8-19(16)20;1-6-4-2-3-5-6;1-2/h5-8,11-13,17,36H,9-10,14-15H2,1-4H3;2-5H2,1H3;1-2H3. The number of amides is 1. The van der Waals surface area contributed by atoms with Crippen molar-refractivity contribution < 1.29 is 23.8 Å². The molecule has 4 aromatic rings. The van der Waals surface area contributed by atoms with Gasteiger partial charge in [0.25, 0.3) is 0 Å². The lowest BCUT2D eigenvalue weighted by Gasteiger charge is -2.43. The molecule has 7 rings (SSSR count). The summed E-state index contributed by atoms with van der Waals surface area (Å²) >= 11 is 0. The predicted molar refractivity (Wildman–Crippen MR) is 182 cm³/mol. The summed E-state index contributed by atoms with van der Waals surface area (Å²) < 4.78 is 27.2. The van der Waals surface area contributed by atoms with Gasteiger partial charge in [-0.1, -0.05) is 38.1 Å². The number of likely N-dealkylation sites (tertiary alicyclic amines) is 1. The number of phenolic OH excluding ortho intramolecular Hbond substituents is 1. The van der Waals surface area contributed by atoms with Crippen LogP contribution in [0.15, 0.2) is 42.6 Å². The normalized spacial score (nSPS) is 19.2. The molecule has 3 aliphatic heterocycles. The number of hydrazine groups is 1. The Morgan fingerprint density at radius 3 is 2.40 bits per heavy atom. The number of hydrogen-bond donors (Lipinski definition) is 1. The summed E-state index contributed by atoms with van der Waals surface area (Å²) in [6, 6.07) is 10.4. The van der Waals surface area contributed by atoms with Crippen LogP contribution in [0.3, 0.4) is 0 Å². The minimum Gasteiger partial charge on any atom is -0.508 e. The van der Waals surface area contributed by atoms with E-state index in [9.17, 15) is 9.90 Å². The van der Waals surface area contributed by atoms with Crippen molar-refractivity contribution in [3.05, 3.63) is 48.4 Å². The van der Waals surface area contributed by atoms with Crippen molar-refractivity contribution in [2.24, 2.45) is 0 Å². The Balaban J connectivity index is 0.000000482. The van der Waals surface area contributed by atoms with Gasteiger partial charge in [0.2, 0.25) is 0 Å².